The average molecular weight is 347 g/mol. The molecule has 2 aliphatic carbocycles. The normalized spacial score (nSPS) is 19.8. The number of carbonyl (C=O) groups excluding carboxylic acids is 1. The van der Waals surface area contributed by atoms with Gasteiger partial charge in [0.05, 0.1) is 18.1 Å². The van der Waals surface area contributed by atoms with E-state index in [9.17, 15) is 4.79 Å². The number of nitrogens with one attached hydrogen (secondary N) is 2. The fourth-order valence-electron chi connectivity index (χ4n) is 2.84. The predicted molar refractivity (Wildman–Crippen MR) is 88.5 cm³/mol. The lowest BCUT2D eigenvalue weighted by Gasteiger charge is -2.19. The minimum Gasteiger partial charge on any atom is -0.329 e. The first-order valence-corrected chi connectivity index (χ1v) is 9.20. The third-order valence-corrected chi connectivity index (χ3v) is 5.43. The SMILES string of the molecule is Cc1cnc(C(NC(=O)NC(C)c2nnnn2C2CC2)C2CC2)s1. The Morgan fingerprint density at radius 2 is 2.12 bits per heavy atom. The smallest absolute Gasteiger partial charge is 0.315 e. The fourth-order valence-corrected chi connectivity index (χ4v) is 3.75. The van der Waals surface area contributed by atoms with Gasteiger partial charge in [0.15, 0.2) is 5.82 Å². The highest BCUT2D eigenvalue weighted by Crippen LogP contribution is 2.42. The monoisotopic (exact) mass is 347 g/mol. The quantitative estimate of drug-likeness (QED) is 0.835. The molecule has 2 saturated carbocycles. The molecule has 2 N–H and O–H groups in total. The molecule has 2 aromatic heterocycles. The number of thiazole rings is 1. The maximum atomic E-state index is 12.4. The standard InChI is InChI=1S/C15H21N7OS/c1-8-7-16-14(24-8)12(10-3-4-10)18-15(23)17-9(2)13-19-20-21-22(13)11-5-6-11/h7,9-12H,3-6H2,1-2H3,(H2,17,18,23). The van der Waals surface area contributed by atoms with Crippen LogP contribution < -0.4 is 10.6 Å². The molecule has 2 aliphatic rings. The van der Waals surface area contributed by atoms with Gasteiger partial charge in [0.1, 0.15) is 5.01 Å². The summed E-state index contributed by atoms with van der Waals surface area (Å²) < 4.78 is 1.83. The summed E-state index contributed by atoms with van der Waals surface area (Å²) in [7, 11) is 0. The minimum absolute atomic E-state index is 0.00433. The minimum atomic E-state index is -0.238. The Bertz CT molecular complexity index is 734. The molecule has 0 aliphatic heterocycles. The molecule has 2 amide bonds. The Morgan fingerprint density at radius 1 is 1.33 bits per heavy atom. The van der Waals surface area contributed by atoms with Crippen molar-refractivity contribution in [3.8, 4) is 0 Å². The van der Waals surface area contributed by atoms with Crippen LogP contribution in [-0.4, -0.2) is 31.2 Å². The molecule has 0 spiro atoms. The van der Waals surface area contributed by atoms with Crippen molar-refractivity contribution in [2.24, 2.45) is 5.92 Å². The summed E-state index contributed by atoms with van der Waals surface area (Å²) in [6.07, 6.45) is 6.34. The molecular weight excluding hydrogens is 326 g/mol. The zero-order valence-electron chi connectivity index (χ0n) is 13.8. The van der Waals surface area contributed by atoms with Crippen LogP contribution in [-0.2, 0) is 0 Å². The van der Waals surface area contributed by atoms with E-state index in [1.54, 1.807) is 11.3 Å². The van der Waals surface area contributed by atoms with Crippen LogP contribution in [0.1, 0.15) is 66.4 Å². The summed E-state index contributed by atoms with van der Waals surface area (Å²) in [6.45, 7) is 3.94. The lowest BCUT2D eigenvalue weighted by Crippen LogP contribution is -2.40. The highest BCUT2D eigenvalue weighted by atomic mass is 32.1. The fraction of sp³-hybridized carbons (Fsp3) is 0.667. The van der Waals surface area contributed by atoms with Gasteiger partial charge in [-0.2, -0.15) is 0 Å². The van der Waals surface area contributed by atoms with Crippen LogP contribution in [0.4, 0.5) is 4.79 Å². The van der Waals surface area contributed by atoms with Gasteiger partial charge >= 0.3 is 6.03 Å². The van der Waals surface area contributed by atoms with E-state index in [0.29, 0.717) is 17.8 Å². The molecule has 0 radical (unpaired) electrons. The number of amides is 2. The van der Waals surface area contributed by atoms with Crippen molar-refractivity contribution in [2.75, 3.05) is 0 Å². The number of aromatic nitrogens is 5. The van der Waals surface area contributed by atoms with Crippen LogP contribution in [0.5, 0.6) is 0 Å². The topological polar surface area (TPSA) is 97.6 Å². The molecule has 0 aromatic carbocycles. The third-order valence-electron chi connectivity index (χ3n) is 4.43. The first kappa shape index (κ1) is 15.5. The molecule has 0 saturated heterocycles. The molecule has 24 heavy (non-hydrogen) atoms. The van der Waals surface area contributed by atoms with Crippen LogP contribution in [0.2, 0.25) is 0 Å². The summed E-state index contributed by atoms with van der Waals surface area (Å²) in [5.74, 6) is 1.20. The van der Waals surface area contributed by atoms with Crippen molar-refractivity contribution < 1.29 is 4.79 Å². The summed E-state index contributed by atoms with van der Waals surface area (Å²) in [4.78, 5) is 18.1. The second-order valence-corrected chi connectivity index (χ2v) is 7.94. The summed E-state index contributed by atoms with van der Waals surface area (Å²) >= 11 is 1.65. The zero-order valence-corrected chi connectivity index (χ0v) is 14.6. The van der Waals surface area contributed by atoms with Gasteiger partial charge in [-0.15, -0.1) is 16.4 Å². The van der Waals surface area contributed by atoms with Crippen molar-refractivity contribution >= 4 is 17.4 Å². The number of tetrazole rings is 1. The van der Waals surface area contributed by atoms with Crippen LogP contribution in [0.15, 0.2) is 6.20 Å². The van der Waals surface area contributed by atoms with Gasteiger partial charge in [-0.05, 0) is 55.9 Å². The summed E-state index contributed by atoms with van der Waals surface area (Å²) in [5.41, 5.74) is 0. The summed E-state index contributed by atoms with van der Waals surface area (Å²) in [6, 6.07) is -0.0498. The zero-order chi connectivity index (χ0) is 16.7. The van der Waals surface area contributed by atoms with E-state index in [-0.39, 0.29) is 18.1 Å². The number of hydrogen-bond donors (Lipinski definition) is 2. The molecule has 8 nitrogen and oxygen atoms in total. The first-order valence-electron chi connectivity index (χ1n) is 8.39. The lowest BCUT2D eigenvalue weighted by atomic mass is 10.2. The van der Waals surface area contributed by atoms with E-state index in [4.69, 9.17) is 0 Å². The second-order valence-electron chi connectivity index (χ2n) is 6.68. The van der Waals surface area contributed by atoms with Gasteiger partial charge in [0, 0.05) is 11.1 Å². The van der Waals surface area contributed by atoms with Gasteiger partial charge in [0.2, 0.25) is 0 Å². The number of nitrogens with zero attached hydrogens (tertiary/aromatic N) is 5. The number of carbonyl (C=O) groups is 1. The maximum absolute atomic E-state index is 12.4. The van der Waals surface area contributed by atoms with Crippen LogP contribution in [0.25, 0.3) is 0 Å². The molecule has 2 fully saturated rings. The van der Waals surface area contributed by atoms with Crippen LogP contribution >= 0.6 is 11.3 Å². The van der Waals surface area contributed by atoms with Gasteiger partial charge in [-0.25, -0.2) is 14.5 Å². The molecule has 128 valence electrons. The highest BCUT2D eigenvalue weighted by molar-refractivity contribution is 7.11. The third kappa shape index (κ3) is 3.26. The maximum Gasteiger partial charge on any atom is 0.315 e. The lowest BCUT2D eigenvalue weighted by molar-refractivity contribution is 0.231. The van der Waals surface area contributed by atoms with Gasteiger partial charge in [0.25, 0.3) is 0 Å². The number of rotatable bonds is 6. The molecule has 2 atom stereocenters. The molecule has 4 rings (SSSR count). The van der Waals surface area contributed by atoms with Crippen molar-refractivity contribution in [1.82, 2.24) is 35.8 Å². The largest absolute Gasteiger partial charge is 0.329 e. The number of hydrogen-bond acceptors (Lipinski definition) is 6. The van der Waals surface area contributed by atoms with Crippen molar-refractivity contribution in [1.29, 1.82) is 0 Å². The van der Waals surface area contributed by atoms with E-state index in [2.05, 4.69) is 31.1 Å². The highest BCUT2D eigenvalue weighted by Gasteiger charge is 2.36. The molecule has 2 aromatic rings. The van der Waals surface area contributed by atoms with Gasteiger partial charge in [-0.1, -0.05) is 0 Å². The number of urea groups is 1. The van der Waals surface area contributed by atoms with Crippen molar-refractivity contribution in [3.63, 3.8) is 0 Å². The van der Waals surface area contributed by atoms with Crippen molar-refractivity contribution in [2.45, 2.75) is 57.7 Å². The van der Waals surface area contributed by atoms with Gasteiger partial charge in [-0.3, -0.25) is 0 Å². The Balaban J connectivity index is 1.40. The second kappa shape index (κ2) is 6.12. The van der Waals surface area contributed by atoms with Crippen molar-refractivity contribution in [3.05, 3.63) is 21.9 Å². The van der Waals surface area contributed by atoms with E-state index >= 15 is 0 Å². The molecule has 2 heterocycles. The first-order chi connectivity index (χ1) is 11.6. The molecule has 0 bridgehead atoms. The Hall–Kier alpha value is -2.03. The van der Waals surface area contributed by atoms with E-state index in [1.165, 1.54) is 0 Å². The number of aryl methyl sites for hydroxylation is 1. The molecular formula is C15H21N7OS. The summed E-state index contributed by atoms with van der Waals surface area (Å²) in [5, 5.41) is 18.9. The Labute approximate surface area is 144 Å². The van der Waals surface area contributed by atoms with E-state index in [1.807, 2.05) is 24.7 Å². The molecule has 9 heteroatoms. The van der Waals surface area contributed by atoms with Crippen LogP contribution in [0.3, 0.4) is 0 Å². The average Bonchev–Trinajstić information content (AvgIpc) is 3.47. The van der Waals surface area contributed by atoms with E-state index < -0.39 is 0 Å². The van der Waals surface area contributed by atoms with E-state index in [0.717, 1.165) is 35.6 Å². The van der Waals surface area contributed by atoms with Gasteiger partial charge < -0.3 is 10.6 Å². The molecule has 2 unspecified atom stereocenters. The Morgan fingerprint density at radius 3 is 2.75 bits per heavy atom. The predicted octanol–water partition coefficient (Wildman–Crippen LogP) is 2.28. The Kier molecular flexibility index (Phi) is 3.95. The van der Waals surface area contributed by atoms with Crippen LogP contribution in [0, 0.1) is 12.8 Å².